The fourth-order valence-corrected chi connectivity index (χ4v) is 3.30. The van der Waals surface area contributed by atoms with E-state index >= 15 is 0 Å². The Balaban J connectivity index is 2.02. The molecule has 0 spiro atoms. The minimum atomic E-state index is -0.0748. The molecule has 20 heavy (non-hydrogen) atoms. The normalized spacial score (nSPS) is 14.3. The first-order valence-corrected chi connectivity index (χ1v) is 7.59. The van der Waals surface area contributed by atoms with Gasteiger partial charge in [0.05, 0.1) is 0 Å². The highest BCUT2D eigenvalue weighted by atomic mass is 32.1. The monoisotopic (exact) mass is 285 g/mol. The van der Waals surface area contributed by atoms with Crippen molar-refractivity contribution in [2.45, 2.75) is 19.8 Å². The number of thiophene rings is 1. The lowest BCUT2D eigenvalue weighted by molar-refractivity contribution is 0.0956. The van der Waals surface area contributed by atoms with Crippen LogP contribution in [0.1, 0.15) is 43.8 Å². The highest BCUT2D eigenvalue weighted by Crippen LogP contribution is 2.21. The van der Waals surface area contributed by atoms with Crippen LogP contribution >= 0.6 is 11.3 Å². The van der Waals surface area contributed by atoms with Crippen molar-refractivity contribution in [2.24, 2.45) is 0 Å². The molecule has 0 fully saturated rings. The van der Waals surface area contributed by atoms with Gasteiger partial charge in [-0.2, -0.15) is 11.3 Å². The Morgan fingerprint density at radius 3 is 2.90 bits per heavy atom. The number of fused-ring (bicyclic) bond motifs is 1. The van der Waals surface area contributed by atoms with Gasteiger partial charge in [0.1, 0.15) is 0 Å². The molecule has 2 aromatic rings. The molecule has 1 aliphatic rings. The lowest BCUT2D eigenvalue weighted by Gasteiger charge is -2.07. The second-order valence-electron chi connectivity index (χ2n) is 5.03. The van der Waals surface area contributed by atoms with Gasteiger partial charge >= 0.3 is 0 Å². The van der Waals surface area contributed by atoms with Crippen LogP contribution in [0.4, 0.5) is 0 Å². The largest absolute Gasteiger partial charge is 0.352 e. The van der Waals surface area contributed by atoms with E-state index in [-0.39, 0.29) is 11.7 Å². The molecule has 2 heterocycles. The molecular formula is C16H15NO2S. The average Bonchev–Trinajstić information content (AvgIpc) is 2.79. The Morgan fingerprint density at radius 1 is 1.30 bits per heavy atom. The van der Waals surface area contributed by atoms with Gasteiger partial charge in [0.15, 0.2) is 5.78 Å². The Bertz CT molecular complexity index is 688. The van der Waals surface area contributed by atoms with Crippen molar-refractivity contribution in [2.75, 3.05) is 6.54 Å². The second kappa shape index (κ2) is 5.21. The van der Waals surface area contributed by atoms with E-state index in [2.05, 4.69) is 5.32 Å². The van der Waals surface area contributed by atoms with Crippen molar-refractivity contribution in [1.82, 2.24) is 5.32 Å². The van der Waals surface area contributed by atoms with Gasteiger partial charge in [0.2, 0.25) is 0 Å². The number of nitrogens with one attached hydrogen (secondary N) is 1. The molecule has 0 saturated carbocycles. The maximum absolute atomic E-state index is 12.5. The number of hydrogen-bond donors (Lipinski definition) is 1. The molecule has 102 valence electrons. The van der Waals surface area contributed by atoms with E-state index in [4.69, 9.17) is 0 Å². The van der Waals surface area contributed by atoms with Crippen molar-refractivity contribution < 1.29 is 9.59 Å². The Morgan fingerprint density at radius 2 is 2.15 bits per heavy atom. The van der Waals surface area contributed by atoms with Gasteiger partial charge in [-0.05, 0) is 42.3 Å². The third-order valence-electron chi connectivity index (χ3n) is 3.63. The van der Waals surface area contributed by atoms with Gasteiger partial charge in [-0.15, -0.1) is 0 Å². The summed E-state index contributed by atoms with van der Waals surface area (Å²) < 4.78 is 0. The summed E-state index contributed by atoms with van der Waals surface area (Å²) in [6.45, 7) is 2.63. The summed E-state index contributed by atoms with van der Waals surface area (Å²) >= 11 is 1.52. The highest BCUT2D eigenvalue weighted by Gasteiger charge is 2.19. The molecule has 3 rings (SSSR count). The number of carbonyl (C=O) groups is 2. The third kappa shape index (κ3) is 2.27. The van der Waals surface area contributed by atoms with Crippen LogP contribution in [-0.4, -0.2) is 18.2 Å². The molecule has 0 bridgehead atoms. The van der Waals surface area contributed by atoms with E-state index in [0.717, 1.165) is 29.5 Å². The molecule has 0 saturated heterocycles. The summed E-state index contributed by atoms with van der Waals surface area (Å²) in [4.78, 5) is 24.5. The average molecular weight is 285 g/mol. The molecule has 0 unspecified atom stereocenters. The Labute approximate surface area is 121 Å². The van der Waals surface area contributed by atoms with Gasteiger partial charge < -0.3 is 5.32 Å². The van der Waals surface area contributed by atoms with Gasteiger partial charge in [-0.25, -0.2) is 0 Å². The van der Waals surface area contributed by atoms with Crippen LogP contribution in [0.3, 0.4) is 0 Å². The molecule has 1 N–H and O–H groups in total. The van der Waals surface area contributed by atoms with Gasteiger partial charge in [-0.3, -0.25) is 9.59 Å². The number of ketones is 1. The zero-order valence-corrected chi connectivity index (χ0v) is 12.0. The smallest absolute Gasteiger partial charge is 0.251 e. The number of rotatable bonds is 2. The fraction of sp³-hybridized carbons (Fsp3) is 0.250. The number of amides is 1. The lowest BCUT2D eigenvalue weighted by atomic mass is 9.96. The first-order chi connectivity index (χ1) is 9.66. The maximum Gasteiger partial charge on any atom is 0.251 e. The molecule has 1 aromatic heterocycles. The first kappa shape index (κ1) is 13.1. The van der Waals surface area contributed by atoms with Gasteiger partial charge in [0, 0.05) is 28.6 Å². The maximum atomic E-state index is 12.5. The Hall–Kier alpha value is -1.94. The zero-order chi connectivity index (χ0) is 14.1. The van der Waals surface area contributed by atoms with Crippen LogP contribution < -0.4 is 5.32 Å². The molecule has 1 aromatic carbocycles. The van der Waals surface area contributed by atoms with Crippen LogP contribution in [0.25, 0.3) is 0 Å². The summed E-state index contributed by atoms with van der Waals surface area (Å²) in [5, 5.41) is 6.69. The zero-order valence-electron chi connectivity index (χ0n) is 11.2. The minimum Gasteiger partial charge on any atom is -0.352 e. The predicted molar refractivity (Wildman–Crippen MR) is 79.6 cm³/mol. The van der Waals surface area contributed by atoms with Crippen molar-refractivity contribution in [3.63, 3.8) is 0 Å². The van der Waals surface area contributed by atoms with E-state index in [0.29, 0.717) is 17.7 Å². The van der Waals surface area contributed by atoms with Gasteiger partial charge in [0.25, 0.3) is 5.91 Å². The number of benzene rings is 1. The number of carbonyl (C=O) groups excluding carboxylic acids is 2. The summed E-state index contributed by atoms with van der Waals surface area (Å²) in [6.07, 6.45) is 1.82. The number of aryl methyl sites for hydroxylation is 2. The van der Waals surface area contributed by atoms with Crippen molar-refractivity contribution >= 4 is 23.0 Å². The summed E-state index contributed by atoms with van der Waals surface area (Å²) in [5.74, 6) is -0.0854. The quantitative estimate of drug-likeness (QED) is 0.862. The summed E-state index contributed by atoms with van der Waals surface area (Å²) in [7, 11) is 0. The second-order valence-corrected chi connectivity index (χ2v) is 5.77. The molecular weight excluding hydrogens is 270 g/mol. The minimum absolute atomic E-state index is 0.0106. The predicted octanol–water partition coefficient (Wildman–Crippen LogP) is 2.96. The van der Waals surface area contributed by atoms with E-state index in [1.165, 1.54) is 11.3 Å². The van der Waals surface area contributed by atoms with Crippen LogP contribution in [0.15, 0.2) is 29.0 Å². The van der Waals surface area contributed by atoms with E-state index in [1.54, 1.807) is 6.07 Å². The standard InChI is InChI=1S/C16H15NO2S/c1-10-8-20-9-14(10)15(18)12-5-4-11-3-2-6-17-16(19)13(11)7-12/h4-5,7-9H,2-3,6H2,1H3,(H,17,19). The van der Waals surface area contributed by atoms with Crippen molar-refractivity contribution in [3.8, 4) is 0 Å². The Kier molecular flexibility index (Phi) is 3.40. The van der Waals surface area contributed by atoms with Gasteiger partial charge in [-0.1, -0.05) is 12.1 Å². The first-order valence-electron chi connectivity index (χ1n) is 6.65. The molecule has 3 nitrogen and oxygen atoms in total. The molecule has 1 amide bonds. The number of hydrogen-bond acceptors (Lipinski definition) is 3. The van der Waals surface area contributed by atoms with E-state index < -0.39 is 0 Å². The lowest BCUT2D eigenvalue weighted by Crippen LogP contribution is -2.22. The SMILES string of the molecule is Cc1cscc1C(=O)c1ccc2c(c1)C(=O)NCCC2. The van der Waals surface area contributed by atoms with Crippen LogP contribution in [0.5, 0.6) is 0 Å². The van der Waals surface area contributed by atoms with Crippen molar-refractivity contribution in [3.05, 3.63) is 56.8 Å². The molecule has 0 radical (unpaired) electrons. The molecule has 1 aliphatic heterocycles. The summed E-state index contributed by atoms with van der Waals surface area (Å²) in [5.41, 5.74) is 3.96. The molecule has 0 atom stereocenters. The molecule has 4 heteroatoms. The third-order valence-corrected chi connectivity index (χ3v) is 4.49. The fourth-order valence-electron chi connectivity index (χ4n) is 2.47. The molecule has 0 aliphatic carbocycles. The highest BCUT2D eigenvalue weighted by molar-refractivity contribution is 7.08. The van der Waals surface area contributed by atoms with Crippen molar-refractivity contribution in [1.29, 1.82) is 0 Å². The van der Waals surface area contributed by atoms with Crippen LogP contribution in [-0.2, 0) is 6.42 Å². The van der Waals surface area contributed by atoms with E-state index in [9.17, 15) is 9.59 Å². The van der Waals surface area contributed by atoms with Crippen LogP contribution in [0.2, 0.25) is 0 Å². The van der Waals surface area contributed by atoms with Crippen LogP contribution in [0, 0.1) is 6.92 Å². The summed E-state index contributed by atoms with van der Waals surface area (Å²) in [6, 6.07) is 5.47. The van der Waals surface area contributed by atoms with E-state index in [1.807, 2.05) is 29.8 Å². The topological polar surface area (TPSA) is 46.2 Å².